The van der Waals surface area contributed by atoms with Crippen LogP contribution in [0, 0.1) is 0 Å². The van der Waals surface area contributed by atoms with Crippen LogP contribution < -0.4 is 9.46 Å². The number of carbonyl (C=O) groups excluding carboxylic acids is 1. The summed E-state index contributed by atoms with van der Waals surface area (Å²) in [7, 11) is -1.40. The van der Waals surface area contributed by atoms with Gasteiger partial charge >= 0.3 is 0 Å². The van der Waals surface area contributed by atoms with Gasteiger partial charge in [0.25, 0.3) is 5.91 Å². The number of hydrogen-bond acceptors (Lipinski definition) is 3. The lowest BCUT2D eigenvalue weighted by atomic mass is 9.91. The van der Waals surface area contributed by atoms with Crippen LogP contribution in [-0.4, -0.2) is 28.0 Å². The minimum atomic E-state index is -1.40. The third-order valence-electron chi connectivity index (χ3n) is 5.46. The molecule has 1 amide bonds. The number of aryl methyl sites for hydroxylation is 2. The van der Waals surface area contributed by atoms with E-state index in [1.807, 2.05) is 24.3 Å². The summed E-state index contributed by atoms with van der Waals surface area (Å²) >= 11 is 0. The smallest absolute Gasteiger partial charge is 0.279 e. The Morgan fingerprint density at radius 2 is 1.97 bits per heavy atom. The first-order valence-corrected chi connectivity index (χ1v) is 11.7. The summed E-state index contributed by atoms with van der Waals surface area (Å²) in [5.74, 6) is 0.663. The van der Waals surface area contributed by atoms with Crippen molar-refractivity contribution >= 4 is 27.8 Å². The molecule has 1 atom stereocenters. The van der Waals surface area contributed by atoms with Gasteiger partial charge in [-0.05, 0) is 67.3 Å². The van der Waals surface area contributed by atoms with Crippen molar-refractivity contribution in [1.29, 1.82) is 0 Å². The van der Waals surface area contributed by atoms with Crippen LogP contribution in [0.3, 0.4) is 0 Å². The monoisotopic (exact) mass is 410 g/mol. The number of H-pyrrole nitrogens is 1. The quantitative estimate of drug-likeness (QED) is 0.577. The molecule has 4 rings (SSSR count). The Morgan fingerprint density at radius 1 is 1.14 bits per heavy atom. The summed E-state index contributed by atoms with van der Waals surface area (Å²) in [5, 5.41) is 1.02. The molecule has 1 heterocycles. The van der Waals surface area contributed by atoms with E-state index in [0.717, 1.165) is 41.5 Å². The molecule has 3 aromatic rings. The molecule has 0 saturated heterocycles. The van der Waals surface area contributed by atoms with Crippen molar-refractivity contribution in [2.45, 2.75) is 38.5 Å². The molecule has 0 fully saturated rings. The average Bonchev–Trinajstić information content (AvgIpc) is 3.10. The van der Waals surface area contributed by atoms with Gasteiger partial charge in [0.1, 0.15) is 22.4 Å². The zero-order valence-corrected chi connectivity index (χ0v) is 17.4. The second kappa shape index (κ2) is 8.82. The summed E-state index contributed by atoms with van der Waals surface area (Å²) < 4.78 is 20.0. The number of aromatic nitrogens is 1. The van der Waals surface area contributed by atoms with Crippen molar-refractivity contribution in [3.8, 4) is 5.75 Å². The zero-order chi connectivity index (χ0) is 20.2. The zero-order valence-electron chi connectivity index (χ0n) is 16.6. The van der Waals surface area contributed by atoms with Gasteiger partial charge in [0.2, 0.25) is 0 Å². The molecule has 0 radical (unpaired) electrons. The Balaban J connectivity index is 1.47. The number of carbonyl (C=O) groups is 1. The molecule has 0 saturated carbocycles. The van der Waals surface area contributed by atoms with Gasteiger partial charge in [-0.15, -0.1) is 0 Å². The molecule has 0 spiro atoms. The van der Waals surface area contributed by atoms with E-state index in [4.69, 9.17) is 4.74 Å². The van der Waals surface area contributed by atoms with Gasteiger partial charge in [-0.3, -0.25) is 9.52 Å². The highest BCUT2D eigenvalue weighted by molar-refractivity contribution is 7.82. The van der Waals surface area contributed by atoms with Crippen LogP contribution in [0.15, 0.2) is 42.5 Å². The highest BCUT2D eigenvalue weighted by atomic mass is 32.2. The Labute approximate surface area is 173 Å². The predicted octanol–water partition coefficient (Wildman–Crippen LogP) is 4.08. The Morgan fingerprint density at radius 3 is 2.83 bits per heavy atom. The van der Waals surface area contributed by atoms with Gasteiger partial charge in [-0.2, -0.15) is 0 Å². The molecule has 2 N–H and O–H groups in total. The fourth-order valence-electron chi connectivity index (χ4n) is 4.15. The number of rotatable bonds is 7. The summed E-state index contributed by atoms with van der Waals surface area (Å²) in [6, 6.07) is 14.2. The highest BCUT2D eigenvalue weighted by Crippen LogP contribution is 2.30. The lowest BCUT2D eigenvalue weighted by Crippen LogP contribution is -2.26. The topological polar surface area (TPSA) is 71.2 Å². The molecular formula is C23H26N2O3S. The van der Waals surface area contributed by atoms with E-state index in [9.17, 15) is 9.00 Å². The van der Waals surface area contributed by atoms with Gasteiger partial charge in [0.15, 0.2) is 0 Å². The summed E-state index contributed by atoms with van der Waals surface area (Å²) in [6.07, 6.45) is 7.66. The van der Waals surface area contributed by atoms with Crippen LogP contribution >= 0.6 is 0 Å². The molecule has 6 heteroatoms. The second-order valence-electron chi connectivity index (χ2n) is 7.46. The number of amides is 1. The molecule has 1 aliphatic rings. The van der Waals surface area contributed by atoms with E-state index < -0.39 is 11.0 Å². The molecule has 0 aliphatic heterocycles. The normalized spacial score (nSPS) is 14.4. The maximum Gasteiger partial charge on any atom is 0.279 e. The Hall–Kier alpha value is -2.60. The van der Waals surface area contributed by atoms with Crippen molar-refractivity contribution in [2.75, 3.05) is 12.9 Å². The fraction of sp³-hybridized carbons (Fsp3) is 0.348. The van der Waals surface area contributed by atoms with Crippen LogP contribution in [0.5, 0.6) is 5.75 Å². The molecular weight excluding hydrogens is 384 g/mol. The highest BCUT2D eigenvalue weighted by Gasteiger charge is 2.18. The van der Waals surface area contributed by atoms with Crippen molar-refractivity contribution in [2.24, 2.45) is 0 Å². The number of benzene rings is 2. The number of hydrogen-bond donors (Lipinski definition) is 2. The number of aromatic amines is 1. The largest absolute Gasteiger partial charge is 0.493 e. The van der Waals surface area contributed by atoms with Gasteiger partial charge in [-0.25, -0.2) is 4.21 Å². The van der Waals surface area contributed by atoms with E-state index in [1.54, 1.807) is 0 Å². The third kappa shape index (κ3) is 4.37. The minimum absolute atomic E-state index is 0.338. The molecule has 152 valence electrons. The molecule has 1 aromatic heterocycles. The van der Waals surface area contributed by atoms with E-state index in [0.29, 0.717) is 18.7 Å². The van der Waals surface area contributed by atoms with Crippen LogP contribution in [0.25, 0.3) is 10.9 Å². The Bertz CT molecular complexity index is 1060. The number of nitrogens with one attached hydrogen (secondary N) is 2. The van der Waals surface area contributed by atoms with E-state index in [1.165, 1.54) is 30.2 Å². The summed E-state index contributed by atoms with van der Waals surface area (Å²) in [6.45, 7) is 0.594. The van der Waals surface area contributed by atoms with Crippen molar-refractivity contribution < 1.29 is 13.7 Å². The maximum absolute atomic E-state index is 12.5. The minimum Gasteiger partial charge on any atom is -0.493 e. The molecule has 1 unspecified atom stereocenters. The molecule has 5 nitrogen and oxygen atoms in total. The lowest BCUT2D eigenvalue weighted by Gasteiger charge is -2.19. The maximum atomic E-state index is 12.5. The number of ether oxygens (including phenoxy) is 1. The van der Waals surface area contributed by atoms with E-state index in [-0.39, 0.29) is 5.91 Å². The Kier molecular flexibility index (Phi) is 6.00. The average molecular weight is 411 g/mol. The summed E-state index contributed by atoms with van der Waals surface area (Å²) in [5.41, 5.74) is 5.11. The number of fused-ring (bicyclic) bond motifs is 2. The SMILES string of the molecule is CS(=O)NC(=O)c1[nH]c2ccccc2c1CCCOc1cccc2c1CCCC2. The van der Waals surface area contributed by atoms with E-state index >= 15 is 0 Å². The van der Waals surface area contributed by atoms with Crippen molar-refractivity contribution in [3.63, 3.8) is 0 Å². The first kappa shape index (κ1) is 19.7. The molecule has 29 heavy (non-hydrogen) atoms. The van der Waals surface area contributed by atoms with Crippen LogP contribution in [0.1, 0.15) is 46.4 Å². The second-order valence-corrected chi connectivity index (χ2v) is 8.57. The predicted molar refractivity (Wildman–Crippen MR) is 117 cm³/mol. The van der Waals surface area contributed by atoms with Crippen LogP contribution in [0.2, 0.25) is 0 Å². The van der Waals surface area contributed by atoms with Gasteiger partial charge in [0, 0.05) is 17.2 Å². The fourth-order valence-corrected chi connectivity index (χ4v) is 4.51. The molecule has 2 aromatic carbocycles. The standard InChI is InChI=1S/C23H26N2O3S/c1-29(27)25-23(26)22-19(18-11-4-5-13-20(18)24-22)12-7-15-28-21-14-6-9-16-8-2-3-10-17(16)21/h4-6,9,11,13-14,24H,2-3,7-8,10,12,15H2,1H3,(H,25,26). The van der Waals surface area contributed by atoms with Gasteiger partial charge < -0.3 is 9.72 Å². The van der Waals surface area contributed by atoms with Gasteiger partial charge in [0.05, 0.1) is 6.61 Å². The lowest BCUT2D eigenvalue weighted by molar-refractivity contribution is 0.0978. The van der Waals surface area contributed by atoms with Crippen LogP contribution in [0.4, 0.5) is 0 Å². The first-order chi connectivity index (χ1) is 14.1. The van der Waals surface area contributed by atoms with Crippen molar-refractivity contribution in [1.82, 2.24) is 9.71 Å². The summed E-state index contributed by atoms with van der Waals surface area (Å²) in [4.78, 5) is 15.7. The molecule has 0 bridgehead atoms. The third-order valence-corrected chi connectivity index (χ3v) is 5.93. The van der Waals surface area contributed by atoms with Gasteiger partial charge in [-0.1, -0.05) is 30.3 Å². The van der Waals surface area contributed by atoms with Crippen LogP contribution in [-0.2, 0) is 30.2 Å². The van der Waals surface area contributed by atoms with E-state index in [2.05, 4.69) is 27.9 Å². The molecule has 1 aliphatic carbocycles. The number of para-hydroxylation sites is 1. The first-order valence-electron chi connectivity index (χ1n) is 10.1. The van der Waals surface area contributed by atoms with Crippen molar-refractivity contribution in [3.05, 3.63) is 64.8 Å².